The highest BCUT2D eigenvalue weighted by Gasteiger charge is 2.13. The molecular weight excluding hydrogens is 304 g/mol. The third-order valence-electron chi connectivity index (χ3n) is 3.75. The van der Waals surface area contributed by atoms with E-state index in [0.717, 1.165) is 33.4 Å². The summed E-state index contributed by atoms with van der Waals surface area (Å²) in [5.41, 5.74) is 5.67. The SMILES string of the molecule is CC(=O)Oc1c(C)cc(-c2cc(C)c(OC(C)=O)c(C)c2)cc1C. The van der Waals surface area contributed by atoms with Crippen molar-refractivity contribution < 1.29 is 19.1 Å². The summed E-state index contributed by atoms with van der Waals surface area (Å²) in [7, 11) is 0. The number of carbonyl (C=O) groups is 2. The minimum Gasteiger partial charge on any atom is -0.426 e. The van der Waals surface area contributed by atoms with Gasteiger partial charge in [-0.2, -0.15) is 0 Å². The molecule has 2 rings (SSSR count). The van der Waals surface area contributed by atoms with Gasteiger partial charge >= 0.3 is 11.9 Å². The molecule has 0 radical (unpaired) electrons. The normalized spacial score (nSPS) is 10.4. The number of rotatable bonds is 3. The summed E-state index contributed by atoms with van der Waals surface area (Å²) in [5, 5.41) is 0. The fraction of sp³-hybridized carbons (Fsp3) is 0.300. The third-order valence-corrected chi connectivity index (χ3v) is 3.75. The van der Waals surface area contributed by atoms with E-state index in [4.69, 9.17) is 9.47 Å². The van der Waals surface area contributed by atoms with Gasteiger partial charge in [-0.05, 0) is 85.3 Å². The van der Waals surface area contributed by atoms with Crippen LogP contribution in [0.4, 0.5) is 0 Å². The Morgan fingerprint density at radius 1 is 0.625 bits per heavy atom. The molecule has 0 aliphatic rings. The van der Waals surface area contributed by atoms with Crippen LogP contribution in [0, 0.1) is 27.7 Å². The largest absolute Gasteiger partial charge is 0.426 e. The first-order valence-electron chi connectivity index (χ1n) is 7.78. The minimum absolute atomic E-state index is 0.327. The molecule has 0 aromatic heterocycles. The maximum absolute atomic E-state index is 11.2. The quantitative estimate of drug-likeness (QED) is 0.618. The van der Waals surface area contributed by atoms with Gasteiger partial charge in [0.1, 0.15) is 11.5 Å². The van der Waals surface area contributed by atoms with Crippen LogP contribution in [0.15, 0.2) is 24.3 Å². The van der Waals surface area contributed by atoms with Gasteiger partial charge in [0.05, 0.1) is 0 Å². The van der Waals surface area contributed by atoms with Crippen molar-refractivity contribution in [2.75, 3.05) is 0 Å². The van der Waals surface area contributed by atoms with Gasteiger partial charge in [-0.25, -0.2) is 0 Å². The molecule has 2 aromatic carbocycles. The summed E-state index contributed by atoms with van der Waals surface area (Å²) in [6.07, 6.45) is 0. The predicted molar refractivity (Wildman–Crippen MR) is 93.4 cm³/mol. The number of hydrogen-bond donors (Lipinski definition) is 0. The molecule has 0 atom stereocenters. The third kappa shape index (κ3) is 3.82. The average molecular weight is 326 g/mol. The van der Waals surface area contributed by atoms with Gasteiger partial charge < -0.3 is 9.47 Å². The maximum Gasteiger partial charge on any atom is 0.308 e. The van der Waals surface area contributed by atoms with Gasteiger partial charge in [-0.15, -0.1) is 0 Å². The number of aryl methyl sites for hydroxylation is 4. The molecule has 126 valence electrons. The summed E-state index contributed by atoms with van der Waals surface area (Å²) in [4.78, 5) is 22.4. The first-order valence-corrected chi connectivity index (χ1v) is 7.78. The molecule has 4 heteroatoms. The van der Waals surface area contributed by atoms with Crippen molar-refractivity contribution in [3.63, 3.8) is 0 Å². The van der Waals surface area contributed by atoms with Crippen LogP contribution in [-0.4, -0.2) is 11.9 Å². The van der Waals surface area contributed by atoms with Gasteiger partial charge in [0.25, 0.3) is 0 Å². The van der Waals surface area contributed by atoms with Crippen LogP contribution in [0.1, 0.15) is 36.1 Å². The lowest BCUT2D eigenvalue weighted by Gasteiger charge is -2.15. The number of benzene rings is 2. The lowest BCUT2D eigenvalue weighted by Crippen LogP contribution is -2.05. The zero-order valence-electron chi connectivity index (χ0n) is 14.9. The Labute approximate surface area is 142 Å². The van der Waals surface area contributed by atoms with Gasteiger partial charge in [-0.1, -0.05) is 0 Å². The second-order valence-electron chi connectivity index (χ2n) is 6.07. The van der Waals surface area contributed by atoms with E-state index in [1.807, 2.05) is 52.0 Å². The molecule has 24 heavy (non-hydrogen) atoms. The molecule has 0 amide bonds. The Kier molecular flexibility index (Phi) is 5.07. The number of hydrogen-bond acceptors (Lipinski definition) is 4. The number of ether oxygens (including phenoxy) is 2. The molecule has 0 spiro atoms. The van der Waals surface area contributed by atoms with Crippen molar-refractivity contribution in [3.05, 3.63) is 46.5 Å². The summed E-state index contributed by atoms with van der Waals surface area (Å²) in [6.45, 7) is 10.5. The molecule has 0 N–H and O–H groups in total. The van der Waals surface area contributed by atoms with Gasteiger partial charge in [0.15, 0.2) is 0 Å². The summed E-state index contributed by atoms with van der Waals surface area (Å²) >= 11 is 0. The van der Waals surface area contributed by atoms with Crippen molar-refractivity contribution >= 4 is 11.9 Å². The Morgan fingerprint density at radius 3 is 1.08 bits per heavy atom. The number of carbonyl (C=O) groups excluding carboxylic acids is 2. The summed E-state index contributed by atoms with van der Waals surface area (Å²) < 4.78 is 10.6. The smallest absolute Gasteiger partial charge is 0.308 e. The molecule has 0 fully saturated rings. The Balaban J connectivity index is 2.49. The van der Waals surface area contributed by atoms with E-state index in [1.54, 1.807) is 0 Å². The fourth-order valence-electron chi connectivity index (χ4n) is 2.84. The molecule has 0 aliphatic carbocycles. The lowest BCUT2D eigenvalue weighted by atomic mass is 9.96. The molecular formula is C20H22O4. The summed E-state index contributed by atoms with van der Waals surface area (Å²) in [5.74, 6) is 0.560. The highest BCUT2D eigenvalue weighted by molar-refractivity contribution is 5.75. The van der Waals surface area contributed by atoms with E-state index in [-0.39, 0.29) is 11.9 Å². The Morgan fingerprint density at radius 2 is 0.875 bits per heavy atom. The van der Waals surface area contributed by atoms with Gasteiger partial charge in [0.2, 0.25) is 0 Å². The van der Waals surface area contributed by atoms with Crippen molar-refractivity contribution in [1.29, 1.82) is 0 Å². The Hall–Kier alpha value is -2.62. The van der Waals surface area contributed by atoms with Crippen LogP contribution in [0.3, 0.4) is 0 Å². The molecule has 0 saturated carbocycles. The van der Waals surface area contributed by atoms with Gasteiger partial charge in [-0.3, -0.25) is 9.59 Å². The van der Waals surface area contributed by atoms with Crippen LogP contribution in [-0.2, 0) is 9.59 Å². The van der Waals surface area contributed by atoms with Crippen molar-refractivity contribution in [3.8, 4) is 22.6 Å². The first-order chi connectivity index (χ1) is 11.2. The molecule has 4 nitrogen and oxygen atoms in total. The zero-order chi connectivity index (χ0) is 18.0. The van der Waals surface area contributed by atoms with E-state index in [9.17, 15) is 9.59 Å². The van der Waals surface area contributed by atoms with E-state index in [2.05, 4.69) is 0 Å². The number of esters is 2. The van der Waals surface area contributed by atoms with Crippen LogP contribution in [0.25, 0.3) is 11.1 Å². The predicted octanol–water partition coefficient (Wildman–Crippen LogP) is 4.44. The van der Waals surface area contributed by atoms with Crippen molar-refractivity contribution in [1.82, 2.24) is 0 Å². The highest BCUT2D eigenvalue weighted by atomic mass is 16.5. The Bertz CT molecular complexity index is 703. The second-order valence-corrected chi connectivity index (χ2v) is 6.07. The first kappa shape index (κ1) is 17.7. The molecule has 0 bridgehead atoms. The summed E-state index contributed by atoms with van der Waals surface area (Å²) in [6, 6.07) is 7.96. The van der Waals surface area contributed by atoms with E-state index >= 15 is 0 Å². The zero-order valence-corrected chi connectivity index (χ0v) is 14.9. The molecule has 0 unspecified atom stereocenters. The van der Waals surface area contributed by atoms with Crippen LogP contribution in [0.5, 0.6) is 11.5 Å². The van der Waals surface area contributed by atoms with Crippen molar-refractivity contribution in [2.45, 2.75) is 41.5 Å². The second kappa shape index (κ2) is 6.87. The minimum atomic E-state index is -0.327. The fourth-order valence-corrected chi connectivity index (χ4v) is 2.84. The monoisotopic (exact) mass is 326 g/mol. The van der Waals surface area contributed by atoms with Crippen LogP contribution < -0.4 is 9.47 Å². The highest BCUT2D eigenvalue weighted by Crippen LogP contribution is 2.34. The lowest BCUT2D eigenvalue weighted by molar-refractivity contribution is -0.132. The standard InChI is InChI=1S/C20H22O4/c1-11-7-17(8-12(2)19(11)23-15(5)21)18-9-13(3)20(14(4)10-18)24-16(6)22/h7-10H,1-6H3. The average Bonchev–Trinajstić information content (AvgIpc) is 2.45. The van der Waals surface area contributed by atoms with Crippen molar-refractivity contribution in [2.24, 2.45) is 0 Å². The molecule has 0 saturated heterocycles. The van der Waals surface area contributed by atoms with Crippen LogP contribution in [0.2, 0.25) is 0 Å². The van der Waals surface area contributed by atoms with E-state index in [0.29, 0.717) is 11.5 Å². The van der Waals surface area contributed by atoms with Gasteiger partial charge in [0, 0.05) is 13.8 Å². The van der Waals surface area contributed by atoms with Crippen LogP contribution >= 0.6 is 0 Å². The van der Waals surface area contributed by atoms with E-state index in [1.165, 1.54) is 13.8 Å². The molecule has 0 aliphatic heterocycles. The maximum atomic E-state index is 11.2. The molecule has 2 aromatic rings. The van der Waals surface area contributed by atoms with E-state index < -0.39 is 0 Å². The topological polar surface area (TPSA) is 52.6 Å². The molecule has 0 heterocycles.